The van der Waals surface area contributed by atoms with Gasteiger partial charge in [0, 0.05) is 14.1 Å². The van der Waals surface area contributed by atoms with Crippen LogP contribution in [0.25, 0.3) is 0 Å². The van der Waals surface area contributed by atoms with Crippen LogP contribution in [-0.2, 0) is 0 Å². The molecule has 2 unspecified atom stereocenters. The Labute approximate surface area is 94.0 Å². The summed E-state index contributed by atoms with van der Waals surface area (Å²) in [5.41, 5.74) is 6.81. The van der Waals surface area contributed by atoms with E-state index in [0.717, 1.165) is 12.0 Å². The number of rotatable bonds is 3. The molecule has 2 atom stereocenters. The molecule has 2 rings (SSSR count). The maximum atomic E-state index is 13.7. The van der Waals surface area contributed by atoms with Crippen LogP contribution in [0.15, 0.2) is 12.1 Å². The Morgan fingerprint density at radius 3 is 2.56 bits per heavy atom. The lowest BCUT2D eigenvalue weighted by molar-refractivity contribution is 0.507. The van der Waals surface area contributed by atoms with E-state index in [4.69, 9.17) is 5.73 Å². The molecule has 0 aliphatic heterocycles. The van der Waals surface area contributed by atoms with E-state index in [1.807, 2.05) is 0 Å². The molecule has 0 bridgehead atoms. The van der Waals surface area contributed by atoms with E-state index in [1.165, 1.54) is 6.07 Å². The first kappa shape index (κ1) is 11.3. The summed E-state index contributed by atoms with van der Waals surface area (Å²) >= 11 is 0. The Hall–Kier alpha value is -1.16. The van der Waals surface area contributed by atoms with Gasteiger partial charge in [-0.2, -0.15) is 0 Å². The normalized spacial score (nSPS) is 23.3. The van der Waals surface area contributed by atoms with E-state index in [0.29, 0.717) is 18.2 Å². The Morgan fingerprint density at radius 1 is 1.38 bits per heavy atom. The van der Waals surface area contributed by atoms with Crippen LogP contribution in [0.2, 0.25) is 0 Å². The third-order valence-electron chi connectivity index (χ3n) is 3.17. The Bertz CT molecular complexity index is 404. The van der Waals surface area contributed by atoms with Crippen molar-refractivity contribution in [2.24, 2.45) is 11.7 Å². The summed E-state index contributed by atoms with van der Waals surface area (Å²) in [6.07, 6.45) is 0.975. The molecule has 0 spiro atoms. The van der Waals surface area contributed by atoms with Crippen LogP contribution < -0.4 is 10.6 Å². The number of hydrogen-bond donors (Lipinski definition) is 1. The van der Waals surface area contributed by atoms with E-state index in [2.05, 4.69) is 0 Å². The molecule has 88 valence electrons. The number of nitrogens with two attached hydrogens (primary N) is 1. The zero-order chi connectivity index (χ0) is 11.9. The first-order valence-corrected chi connectivity index (χ1v) is 5.41. The number of halogens is 2. The highest BCUT2D eigenvalue weighted by molar-refractivity contribution is 5.57. The van der Waals surface area contributed by atoms with Gasteiger partial charge in [-0.15, -0.1) is 0 Å². The first-order valence-electron chi connectivity index (χ1n) is 5.41. The van der Waals surface area contributed by atoms with Crippen molar-refractivity contribution >= 4 is 5.69 Å². The molecule has 1 aliphatic carbocycles. The fourth-order valence-corrected chi connectivity index (χ4v) is 2.20. The quantitative estimate of drug-likeness (QED) is 0.855. The van der Waals surface area contributed by atoms with Crippen LogP contribution >= 0.6 is 0 Å². The molecule has 2 N–H and O–H groups in total. The minimum Gasteiger partial charge on any atom is -0.375 e. The fourth-order valence-electron chi connectivity index (χ4n) is 2.20. The number of hydrogen-bond acceptors (Lipinski definition) is 2. The van der Waals surface area contributed by atoms with Gasteiger partial charge in [-0.1, -0.05) is 6.07 Å². The van der Waals surface area contributed by atoms with Crippen molar-refractivity contribution in [3.63, 3.8) is 0 Å². The summed E-state index contributed by atoms with van der Waals surface area (Å²) in [6, 6.07) is 2.87. The average Bonchev–Trinajstić information content (AvgIpc) is 3.00. The number of benzene rings is 1. The van der Waals surface area contributed by atoms with Crippen molar-refractivity contribution in [3.05, 3.63) is 29.3 Å². The monoisotopic (exact) mass is 226 g/mol. The Balaban J connectivity index is 2.42. The van der Waals surface area contributed by atoms with Crippen LogP contribution in [0, 0.1) is 17.6 Å². The molecule has 1 fully saturated rings. The molecule has 0 amide bonds. The number of anilines is 1. The summed E-state index contributed by atoms with van der Waals surface area (Å²) in [7, 11) is 3.45. The predicted octanol–water partition coefficient (Wildman–Crippen LogP) is 2.09. The van der Waals surface area contributed by atoms with Gasteiger partial charge in [-0.25, -0.2) is 8.78 Å². The molecule has 0 radical (unpaired) electrons. The van der Waals surface area contributed by atoms with Crippen molar-refractivity contribution < 1.29 is 8.78 Å². The second kappa shape index (κ2) is 4.01. The van der Waals surface area contributed by atoms with Crippen molar-refractivity contribution in [1.82, 2.24) is 0 Å². The molecule has 0 heterocycles. The van der Waals surface area contributed by atoms with Crippen LogP contribution in [0.1, 0.15) is 17.9 Å². The smallest absolute Gasteiger partial charge is 0.182 e. The third-order valence-corrected chi connectivity index (χ3v) is 3.17. The van der Waals surface area contributed by atoms with E-state index in [9.17, 15) is 8.78 Å². The molecule has 2 nitrogen and oxygen atoms in total. The van der Waals surface area contributed by atoms with Gasteiger partial charge in [0.1, 0.15) is 0 Å². The third kappa shape index (κ3) is 1.78. The second-order valence-corrected chi connectivity index (χ2v) is 4.53. The van der Waals surface area contributed by atoms with Gasteiger partial charge >= 0.3 is 0 Å². The standard InChI is InChI=1S/C12H16F2N2/c1-16(2)12-8(9-5-7(9)6-15)3-4-10(13)11(12)14/h3-4,7,9H,5-6,15H2,1-2H3. The fraction of sp³-hybridized carbons (Fsp3) is 0.500. The molecular formula is C12H16F2N2. The molecule has 0 saturated heterocycles. The maximum absolute atomic E-state index is 13.7. The molecule has 16 heavy (non-hydrogen) atoms. The maximum Gasteiger partial charge on any atom is 0.182 e. The van der Waals surface area contributed by atoms with E-state index >= 15 is 0 Å². The summed E-state index contributed by atoms with van der Waals surface area (Å²) in [6.45, 7) is 0.608. The minimum absolute atomic E-state index is 0.289. The largest absolute Gasteiger partial charge is 0.375 e. The van der Waals surface area contributed by atoms with Gasteiger partial charge in [0.25, 0.3) is 0 Å². The van der Waals surface area contributed by atoms with Crippen LogP contribution in [0.5, 0.6) is 0 Å². The van der Waals surface area contributed by atoms with Gasteiger partial charge < -0.3 is 10.6 Å². The zero-order valence-electron chi connectivity index (χ0n) is 9.50. The molecule has 1 aliphatic rings. The Morgan fingerprint density at radius 2 is 2.06 bits per heavy atom. The lowest BCUT2D eigenvalue weighted by atomic mass is 10.1. The van der Waals surface area contributed by atoms with Crippen molar-refractivity contribution in [1.29, 1.82) is 0 Å². The molecule has 4 heteroatoms. The van der Waals surface area contributed by atoms with Crippen molar-refractivity contribution in [2.45, 2.75) is 12.3 Å². The van der Waals surface area contributed by atoms with Gasteiger partial charge in [0.2, 0.25) is 0 Å². The molecule has 1 saturated carbocycles. The number of nitrogens with zero attached hydrogens (tertiary/aromatic N) is 1. The minimum atomic E-state index is -0.794. The highest BCUT2D eigenvalue weighted by atomic mass is 19.2. The average molecular weight is 226 g/mol. The summed E-state index contributed by atoms with van der Waals surface area (Å²) in [5, 5.41) is 0. The zero-order valence-corrected chi connectivity index (χ0v) is 9.50. The van der Waals surface area contributed by atoms with Crippen molar-refractivity contribution in [2.75, 3.05) is 25.5 Å². The lowest BCUT2D eigenvalue weighted by Gasteiger charge is -2.18. The Kier molecular flexibility index (Phi) is 2.84. The molecule has 1 aromatic rings. The molecule has 0 aromatic heterocycles. The predicted molar refractivity (Wildman–Crippen MR) is 60.6 cm³/mol. The topological polar surface area (TPSA) is 29.3 Å². The van der Waals surface area contributed by atoms with E-state index in [1.54, 1.807) is 25.1 Å². The summed E-state index contributed by atoms with van der Waals surface area (Å²) in [5.74, 6) is -0.844. The highest BCUT2D eigenvalue weighted by Crippen LogP contribution is 2.50. The SMILES string of the molecule is CN(C)c1c(C2CC2CN)ccc(F)c1F. The molecule has 1 aromatic carbocycles. The summed E-state index contributed by atoms with van der Waals surface area (Å²) < 4.78 is 26.8. The van der Waals surface area contributed by atoms with Gasteiger partial charge in [0.05, 0.1) is 5.69 Å². The van der Waals surface area contributed by atoms with E-state index in [-0.39, 0.29) is 5.92 Å². The summed E-state index contributed by atoms with van der Waals surface area (Å²) in [4.78, 5) is 1.62. The lowest BCUT2D eigenvalue weighted by Crippen LogP contribution is -2.14. The van der Waals surface area contributed by atoms with Gasteiger partial charge in [-0.05, 0) is 36.4 Å². The second-order valence-electron chi connectivity index (χ2n) is 4.53. The van der Waals surface area contributed by atoms with Crippen LogP contribution in [-0.4, -0.2) is 20.6 Å². The molecular weight excluding hydrogens is 210 g/mol. The van der Waals surface area contributed by atoms with E-state index < -0.39 is 11.6 Å². The first-order chi connectivity index (χ1) is 7.56. The van der Waals surface area contributed by atoms with Crippen molar-refractivity contribution in [3.8, 4) is 0 Å². The van der Waals surface area contributed by atoms with Gasteiger partial charge in [0.15, 0.2) is 11.6 Å². The van der Waals surface area contributed by atoms with Gasteiger partial charge in [-0.3, -0.25) is 0 Å². The van der Waals surface area contributed by atoms with Crippen LogP contribution in [0.3, 0.4) is 0 Å². The highest BCUT2D eigenvalue weighted by Gasteiger charge is 2.39. The van der Waals surface area contributed by atoms with Crippen LogP contribution in [0.4, 0.5) is 14.5 Å².